The van der Waals surface area contributed by atoms with Gasteiger partial charge in [0.15, 0.2) is 0 Å². The van der Waals surface area contributed by atoms with Crippen molar-refractivity contribution in [3.05, 3.63) is 40.8 Å². The molecule has 0 radical (unpaired) electrons. The van der Waals surface area contributed by atoms with Gasteiger partial charge in [0.25, 0.3) is 0 Å². The lowest BCUT2D eigenvalue weighted by atomic mass is 9.98. The Hall–Kier alpha value is -1.09. The van der Waals surface area contributed by atoms with Gasteiger partial charge in [-0.3, -0.25) is 0 Å². The maximum atomic E-state index is 4.66. The van der Waals surface area contributed by atoms with Crippen LogP contribution in [0.5, 0.6) is 0 Å². The van der Waals surface area contributed by atoms with Crippen molar-refractivity contribution in [2.45, 2.75) is 26.7 Å². The third-order valence-corrected chi connectivity index (χ3v) is 3.70. The summed E-state index contributed by atoms with van der Waals surface area (Å²) in [5, 5.41) is 0. The highest BCUT2D eigenvalue weighted by Gasteiger charge is 2.14. The van der Waals surface area contributed by atoms with Gasteiger partial charge in [0.05, 0.1) is 5.69 Å². The minimum absolute atomic E-state index is 0.458. The van der Waals surface area contributed by atoms with Gasteiger partial charge >= 0.3 is 0 Å². The lowest BCUT2D eigenvalue weighted by Gasteiger charge is -2.11. The zero-order chi connectivity index (χ0) is 12.4. The Bertz CT molecular complexity index is 485. The number of nitrogens with zero attached hydrogens (tertiary/aromatic N) is 1. The van der Waals surface area contributed by atoms with Gasteiger partial charge in [-0.15, -0.1) is 0 Å². The number of benzene rings is 1. The normalized spacial score (nSPS) is 13.0. The molecular weight excluding hydrogens is 276 g/mol. The van der Waals surface area contributed by atoms with Gasteiger partial charge in [0, 0.05) is 22.2 Å². The molecule has 0 spiro atoms. The molecule has 0 fully saturated rings. The molecule has 0 saturated heterocycles. The molecule has 1 atom stereocenters. The summed E-state index contributed by atoms with van der Waals surface area (Å²) in [6.45, 7) is 6.63. The van der Waals surface area contributed by atoms with Crippen LogP contribution in [-0.2, 0) is 0 Å². The highest BCUT2D eigenvalue weighted by molar-refractivity contribution is 9.10. The maximum Gasteiger partial charge on any atom is 0.109 e. The molecule has 2 nitrogen and oxygen atoms in total. The second kappa shape index (κ2) is 5.05. The topological polar surface area (TPSA) is 28.7 Å². The molecule has 0 aliphatic carbocycles. The van der Waals surface area contributed by atoms with Gasteiger partial charge in [-0.1, -0.05) is 48.8 Å². The lowest BCUT2D eigenvalue weighted by Crippen LogP contribution is -2.03. The van der Waals surface area contributed by atoms with Gasteiger partial charge in [0.2, 0.25) is 0 Å². The summed E-state index contributed by atoms with van der Waals surface area (Å²) in [6, 6.07) is 8.22. The summed E-state index contributed by atoms with van der Waals surface area (Å²) in [5.41, 5.74) is 2.16. The summed E-state index contributed by atoms with van der Waals surface area (Å²) in [5.74, 6) is 2.12. The summed E-state index contributed by atoms with van der Waals surface area (Å²) >= 11 is 3.44. The number of hydrogen-bond acceptors (Lipinski definition) is 1. The van der Waals surface area contributed by atoms with Gasteiger partial charge in [-0.05, 0) is 18.1 Å². The number of aromatic amines is 1. The fourth-order valence-corrected chi connectivity index (χ4v) is 1.92. The molecular formula is C14H17BrN2. The van der Waals surface area contributed by atoms with Crippen molar-refractivity contribution < 1.29 is 0 Å². The number of imidazole rings is 1. The third kappa shape index (κ3) is 2.78. The zero-order valence-corrected chi connectivity index (χ0v) is 12.0. The van der Waals surface area contributed by atoms with E-state index in [4.69, 9.17) is 0 Å². The van der Waals surface area contributed by atoms with Gasteiger partial charge < -0.3 is 4.98 Å². The third-order valence-electron chi connectivity index (χ3n) is 3.17. The van der Waals surface area contributed by atoms with Gasteiger partial charge in [0.1, 0.15) is 5.82 Å². The van der Waals surface area contributed by atoms with E-state index in [2.05, 4.69) is 58.8 Å². The molecule has 1 heterocycles. The van der Waals surface area contributed by atoms with E-state index >= 15 is 0 Å². The predicted octanol–water partition coefficient (Wildman–Crippen LogP) is 4.60. The predicted molar refractivity (Wildman–Crippen MR) is 75.0 cm³/mol. The van der Waals surface area contributed by atoms with Crippen molar-refractivity contribution >= 4 is 15.9 Å². The second-order valence-electron chi connectivity index (χ2n) is 4.71. The number of hydrogen-bond donors (Lipinski definition) is 1. The van der Waals surface area contributed by atoms with Crippen LogP contribution in [0.1, 0.15) is 32.5 Å². The molecule has 0 unspecified atom stereocenters. The van der Waals surface area contributed by atoms with Crippen LogP contribution >= 0.6 is 15.9 Å². The Kier molecular flexibility index (Phi) is 3.67. The van der Waals surface area contributed by atoms with Crippen molar-refractivity contribution in [1.82, 2.24) is 9.97 Å². The minimum Gasteiger partial charge on any atom is -0.348 e. The zero-order valence-electron chi connectivity index (χ0n) is 10.4. The van der Waals surface area contributed by atoms with E-state index in [0.717, 1.165) is 21.6 Å². The van der Waals surface area contributed by atoms with Crippen LogP contribution in [0.4, 0.5) is 0 Å². The van der Waals surface area contributed by atoms with E-state index in [1.807, 2.05) is 18.3 Å². The summed E-state index contributed by atoms with van der Waals surface area (Å²) in [6.07, 6.45) is 1.98. The SMILES string of the molecule is CC(C)[C@H](C)c1nc(-c2ccc(Br)cc2)c[nH]1. The van der Waals surface area contributed by atoms with Crippen molar-refractivity contribution in [1.29, 1.82) is 0 Å². The summed E-state index contributed by atoms with van der Waals surface area (Å²) in [7, 11) is 0. The Morgan fingerprint density at radius 3 is 2.35 bits per heavy atom. The quantitative estimate of drug-likeness (QED) is 0.880. The maximum absolute atomic E-state index is 4.66. The van der Waals surface area contributed by atoms with E-state index in [9.17, 15) is 0 Å². The van der Waals surface area contributed by atoms with Crippen molar-refractivity contribution in [3.8, 4) is 11.3 Å². The first-order valence-corrected chi connectivity index (χ1v) is 6.68. The Morgan fingerprint density at radius 1 is 1.12 bits per heavy atom. The highest BCUT2D eigenvalue weighted by Crippen LogP contribution is 2.25. The van der Waals surface area contributed by atoms with Crippen molar-refractivity contribution in [3.63, 3.8) is 0 Å². The number of rotatable bonds is 3. The van der Waals surface area contributed by atoms with E-state index < -0.39 is 0 Å². The molecule has 2 aromatic rings. The number of H-pyrrole nitrogens is 1. The molecule has 1 aromatic carbocycles. The summed E-state index contributed by atoms with van der Waals surface area (Å²) in [4.78, 5) is 7.94. The fraction of sp³-hybridized carbons (Fsp3) is 0.357. The molecule has 2 rings (SSSR count). The highest BCUT2D eigenvalue weighted by atomic mass is 79.9. The first-order chi connectivity index (χ1) is 8.08. The van der Waals surface area contributed by atoms with Crippen LogP contribution in [0, 0.1) is 5.92 Å². The van der Waals surface area contributed by atoms with E-state index in [-0.39, 0.29) is 0 Å². The summed E-state index contributed by atoms with van der Waals surface area (Å²) < 4.78 is 1.09. The molecule has 0 aliphatic heterocycles. The molecule has 0 amide bonds. The van der Waals surface area contributed by atoms with Crippen LogP contribution in [0.15, 0.2) is 34.9 Å². The molecule has 0 bridgehead atoms. The smallest absolute Gasteiger partial charge is 0.109 e. The average Bonchev–Trinajstić information content (AvgIpc) is 2.78. The van der Waals surface area contributed by atoms with Crippen molar-refractivity contribution in [2.24, 2.45) is 5.92 Å². The van der Waals surface area contributed by atoms with Crippen LogP contribution in [0.2, 0.25) is 0 Å². The molecule has 1 aromatic heterocycles. The van der Waals surface area contributed by atoms with E-state index in [0.29, 0.717) is 11.8 Å². The van der Waals surface area contributed by atoms with Crippen LogP contribution in [0.25, 0.3) is 11.3 Å². The lowest BCUT2D eigenvalue weighted by molar-refractivity contribution is 0.514. The van der Waals surface area contributed by atoms with Crippen molar-refractivity contribution in [2.75, 3.05) is 0 Å². The molecule has 0 aliphatic rings. The van der Waals surface area contributed by atoms with Crippen LogP contribution in [0.3, 0.4) is 0 Å². The van der Waals surface area contributed by atoms with Crippen LogP contribution in [-0.4, -0.2) is 9.97 Å². The van der Waals surface area contributed by atoms with E-state index in [1.54, 1.807) is 0 Å². The fourth-order valence-electron chi connectivity index (χ4n) is 1.65. The van der Waals surface area contributed by atoms with E-state index in [1.165, 1.54) is 0 Å². The molecule has 0 saturated carbocycles. The second-order valence-corrected chi connectivity index (χ2v) is 5.63. The Labute approximate surface area is 111 Å². The average molecular weight is 293 g/mol. The largest absolute Gasteiger partial charge is 0.348 e. The molecule has 3 heteroatoms. The number of halogens is 1. The monoisotopic (exact) mass is 292 g/mol. The Balaban J connectivity index is 2.26. The van der Waals surface area contributed by atoms with Gasteiger partial charge in [-0.25, -0.2) is 4.98 Å². The molecule has 1 N–H and O–H groups in total. The van der Waals surface area contributed by atoms with Gasteiger partial charge in [-0.2, -0.15) is 0 Å². The Morgan fingerprint density at radius 2 is 1.76 bits per heavy atom. The molecule has 17 heavy (non-hydrogen) atoms. The number of aromatic nitrogens is 2. The first-order valence-electron chi connectivity index (χ1n) is 5.89. The minimum atomic E-state index is 0.458. The first kappa shape index (κ1) is 12.4. The molecule has 90 valence electrons. The number of nitrogens with one attached hydrogen (secondary N) is 1. The standard InChI is InChI=1S/C14H17BrN2/c1-9(2)10(3)14-16-8-13(17-14)11-4-6-12(15)7-5-11/h4-10H,1-3H3,(H,16,17)/t10-/m0/s1. The van der Waals surface area contributed by atoms with Crippen LogP contribution < -0.4 is 0 Å².